The highest BCUT2D eigenvalue weighted by Crippen LogP contribution is 2.32. The lowest BCUT2D eigenvalue weighted by Crippen LogP contribution is -2.34. The first kappa shape index (κ1) is 13.8. The molecule has 0 aliphatic heterocycles. The van der Waals surface area contributed by atoms with Crippen molar-refractivity contribution in [1.29, 1.82) is 5.26 Å². The zero-order valence-electron chi connectivity index (χ0n) is 12.0. The van der Waals surface area contributed by atoms with Gasteiger partial charge in [-0.15, -0.1) is 0 Å². The van der Waals surface area contributed by atoms with Gasteiger partial charge in [0.1, 0.15) is 0 Å². The van der Waals surface area contributed by atoms with Crippen LogP contribution < -0.4 is 5.32 Å². The standard InChI is InChI=1S/C18H18N2O/c1-12(14-8-6-13(11-19)7-9-14)20-17-10-15-4-2-3-5-16(15)18(17)21/h2-9,12,17-18,20-21H,10H2,1H3. The maximum Gasteiger partial charge on any atom is 0.0991 e. The Morgan fingerprint density at radius 1 is 1.19 bits per heavy atom. The van der Waals surface area contributed by atoms with Crippen LogP contribution in [0, 0.1) is 11.3 Å². The molecule has 0 saturated heterocycles. The van der Waals surface area contributed by atoms with Gasteiger partial charge < -0.3 is 10.4 Å². The van der Waals surface area contributed by atoms with E-state index in [4.69, 9.17) is 5.26 Å². The van der Waals surface area contributed by atoms with E-state index >= 15 is 0 Å². The number of hydrogen-bond donors (Lipinski definition) is 2. The highest BCUT2D eigenvalue weighted by Gasteiger charge is 2.31. The Balaban J connectivity index is 1.71. The topological polar surface area (TPSA) is 56.0 Å². The fourth-order valence-electron chi connectivity index (χ4n) is 2.99. The Morgan fingerprint density at radius 2 is 1.90 bits per heavy atom. The van der Waals surface area contributed by atoms with Gasteiger partial charge in [0.15, 0.2) is 0 Å². The predicted molar refractivity (Wildman–Crippen MR) is 81.6 cm³/mol. The molecular formula is C18H18N2O. The lowest BCUT2D eigenvalue weighted by atomic mass is 10.0. The Morgan fingerprint density at radius 3 is 2.57 bits per heavy atom. The number of benzene rings is 2. The van der Waals surface area contributed by atoms with Crippen LogP contribution in [-0.2, 0) is 6.42 Å². The summed E-state index contributed by atoms with van der Waals surface area (Å²) in [5.41, 5.74) is 4.04. The summed E-state index contributed by atoms with van der Waals surface area (Å²) in [6.07, 6.45) is 0.389. The molecule has 0 aromatic heterocycles. The molecule has 0 saturated carbocycles. The van der Waals surface area contributed by atoms with E-state index in [1.54, 1.807) is 0 Å². The van der Waals surface area contributed by atoms with E-state index < -0.39 is 6.10 Å². The van der Waals surface area contributed by atoms with Crippen LogP contribution in [0.25, 0.3) is 0 Å². The predicted octanol–water partition coefficient (Wildman–Crippen LogP) is 2.87. The molecule has 0 fully saturated rings. The van der Waals surface area contributed by atoms with Gasteiger partial charge in [-0.1, -0.05) is 36.4 Å². The average molecular weight is 278 g/mol. The molecule has 0 spiro atoms. The second kappa shape index (κ2) is 5.69. The molecule has 0 radical (unpaired) electrons. The summed E-state index contributed by atoms with van der Waals surface area (Å²) >= 11 is 0. The summed E-state index contributed by atoms with van der Waals surface area (Å²) in [5.74, 6) is 0. The summed E-state index contributed by atoms with van der Waals surface area (Å²) in [4.78, 5) is 0. The number of aliphatic hydroxyl groups is 1. The first-order valence-electron chi connectivity index (χ1n) is 7.21. The molecule has 2 aromatic rings. The van der Waals surface area contributed by atoms with Crippen molar-refractivity contribution in [2.75, 3.05) is 0 Å². The van der Waals surface area contributed by atoms with Crippen molar-refractivity contribution in [2.24, 2.45) is 0 Å². The van der Waals surface area contributed by atoms with Gasteiger partial charge in [-0.05, 0) is 42.2 Å². The first-order chi connectivity index (χ1) is 10.2. The lowest BCUT2D eigenvalue weighted by Gasteiger charge is -2.22. The highest BCUT2D eigenvalue weighted by atomic mass is 16.3. The SMILES string of the molecule is CC(NC1Cc2ccccc2C1O)c1ccc(C#N)cc1. The lowest BCUT2D eigenvalue weighted by molar-refractivity contribution is 0.136. The number of aliphatic hydroxyl groups excluding tert-OH is 1. The second-order valence-electron chi connectivity index (χ2n) is 5.58. The van der Waals surface area contributed by atoms with Crippen molar-refractivity contribution >= 4 is 0 Å². The second-order valence-corrected chi connectivity index (χ2v) is 5.58. The summed E-state index contributed by atoms with van der Waals surface area (Å²) in [6, 6.07) is 17.9. The van der Waals surface area contributed by atoms with Gasteiger partial charge >= 0.3 is 0 Å². The fourth-order valence-corrected chi connectivity index (χ4v) is 2.99. The smallest absolute Gasteiger partial charge is 0.0991 e. The molecule has 2 aromatic carbocycles. The Bertz CT molecular complexity index is 672. The van der Waals surface area contributed by atoms with Crippen LogP contribution >= 0.6 is 0 Å². The highest BCUT2D eigenvalue weighted by molar-refractivity contribution is 5.36. The monoisotopic (exact) mass is 278 g/mol. The number of nitrogens with one attached hydrogen (secondary N) is 1. The first-order valence-corrected chi connectivity index (χ1v) is 7.21. The molecule has 0 heterocycles. The molecule has 106 valence electrons. The van der Waals surface area contributed by atoms with E-state index in [1.807, 2.05) is 42.5 Å². The third kappa shape index (κ3) is 2.69. The fraction of sp³-hybridized carbons (Fsp3) is 0.278. The zero-order chi connectivity index (χ0) is 14.8. The number of nitriles is 1. The van der Waals surface area contributed by atoms with Crippen LogP contribution in [0.1, 0.15) is 41.3 Å². The maximum absolute atomic E-state index is 10.4. The Hall–Kier alpha value is -2.15. The summed E-state index contributed by atoms with van der Waals surface area (Å²) in [5, 5.41) is 22.7. The molecule has 3 atom stereocenters. The molecule has 0 amide bonds. The van der Waals surface area contributed by atoms with Crippen molar-refractivity contribution in [3.63, 3.8) is 0 Å². The van der Waals surface area contributed by atoms with Gasteiger partial charge in [-0.2, -0.15) is 5.26 Å². The van der Waals surface area contributed by atoms with Crippen molar-refractivity contribution in [3.8, 4) is 6.07 Å². The summed E-state index contributed by atoms with van der Waals surface area (Å²) < 4.78 is 0. The van der Waals surface area contributed by atoms with Crippen LogP contribution in [0.5, 0.6) is 0 Å². The minimum atomic E-state index is -0.456. The Labute approximate surface area is 124 Å². The Kier molecular flexibility index (Phi) is 3.74. The normalized spacial score (nSPS) is 21.6. The molecule has 1 aliphatic rings. The van der Waals surface area contributed by atoms with Crippen molar-refractivity contribution < 1.29 is 5.11 Å². The van der Waals surface area contributed by atoms with Gasteiger partial charge in [-0.25, -0.2) is 0 Å². The van der Waals surface area contributed by atoms with Gasteiger partial charge in [0, 0.05) is 12.1 Å². The average Bonchev–Trinajstić information content (AvgIpc) is 2.84. The molecule has 1 aliphatic carbocycles. The van der Waals surface area contributed by atoms with Gasteiger partial charge in [0.25, 0.3) is 0 Å². The number of nitrogens with zero attached hydrogens (tertiary/aromatic N) is 1. The molecule has 3 rings (SSSR count). The molecule has 3 nitrogen and oxygen atoms in total. The van der Waals surface area contributed by atoms with Gasteiger partial charge in [0.05, 0.1) is 17.7 Å². The molecule has 2 N–H and O–H groups in total. The molecule has 21 heavy (non-hydrogen) atoms. The summed E-state index contributed by atoms with van der Waals surface area (Å²) in [6.45, 7) is 2.08. The summed E-state index contributed by atoms with van der Waals surface area (Å²) in [7, 11) is 0. The largest absolute Gasteiger partial charge is 0.387 e. The minimum Gasteiger partial charge on any atom is -0.387 e. The quantitative estimate of drug-likeness (QED) is 0.907. The van der Waals surface area contributed by atoms with Crippen LogP contribution in [0.2, 0.25) is 0 Å². The van der Waals surface area contributed by atoms with E-state index in [0.29, 0.717) is 5.56 Å². The van der Waals surface area contributed by atoms with Crippen LogP contribution in [0.15, 0.2) is 48.5 Å². The molecule has 0 bridgehead atoms. The van der Waals surface area contributed by atoms with E-state index in [9.17, 15) is 5.11 Å². The van der Waals surface area contributed by atoms with Crippen molar-refractivity contribution in [3.05, 3.63) is 70.8 Å². The number of fused-ring (bicyclic) bond motifs is 1. The van der Waals surface area contributed by atoms with Crippen LogP contribution in [0.4, 0.5) is 0 Å². The van der Waals surface area contributed by atoms with Crippen molar-refractivity contribution in [1.82, 2.24) is 5.32 Å². The van der Waals surface area contributed by atoms with Crippen LogP contribution in [-0.4, -0.2) is 11.1 Å². The van der Waals surface area contributed by atoms with E-state index in [1.165, 1.54) is 5.56 Å². The van der Waals surface area contributed by atoms with Crippen molar-refractivity contribution in [2.45, 2.75) is 31.5 Å². The van der Waals surface area contributed by atoms with E-state index in [-0.39, 0.29) is 12.1 Å². The van der Waals surface area contributed by atoms with E-state index in [2.05, 4.69) is 24.4 Å². The molecule has 3 heteroatoms. The van der Waals surface area contributed by atoms with E-state index in [0.717, 1.165) is 17.5 Å². The van der Waals surface area contributed by atoms with Crippen LogP contribution in [0.3, 0.4) is 0 Å². The molecular weight excluding hydrogens is 260 g/mol. The third-order valence-corrected chi connectivity index (χ3v) is 4.20. The minimum absolute atomic E-state index is 0.0352. The van der Waals surface area contributed by atoms with Gasteiger partial charge in [0.2, 0.25) is 0 Å². The maximum atomic E-state index is 10.4. The number of hydrogen-bond acceptors (Lipinski definition) is 3. The number of rotatable bonds is 3. The zero-order valence-corrected chi connectivity index (χ0v) is 12.0. The van der Waals surface area contributed by atoms with Gasteiger partial charge in [-0.3, -0.25) is 0 Å². The third-order valence-electron chi connectivity index (χ3n) is 4.20. The molecule has 3 unspecified atom stereocenters.